The summed E-state index contributed by atoms with van der Waals surface area (Å²) in [4.78, 5) is 0. The first-order chi connectivity index (χ1) is 22.4. The van der Waals surface area contributed by atoms with Crippen molar-refractivity contribution in [2.24, 2.45) is 0 Å². The van der Waals surface area contributed by atoms with Crippen LogP contribution in [0.5, 0.6) is 0 Å². The van der Waals surface area contributed by atoms with Crippen LogP contribution in [0.25, 0.3) is 43.4 Å². The highest BCUT2D eigenvalue weighted by Crippen LogP contribution is 2.23. The van der Waals surface area contributed by atoms with Crippen molar-refractivity contribution in [3.8, 4) is 11.1 Å². The summed E-state index contributed by atoms with van der Waals surface area (Å²) < 4.78 is 0. The van der Waals surface area contributed by atoms with E-state index in [1.54, 1.807) is 0 Å². The van der Waals surface area contributed by atoms with E-state index in [1.807, 2.05) is 24.3 Å². The third-order valence-corrected chi connectivity index (χ3v) is 7.86. The van der Waals surface area contributed by atoms with Gasteiger partial charge in [-0.3, -0.25) is 0 Å². The van der Waals surface area contributed by atoms with Crippen LogP contribution < -0.4 is 0 Å². The van der Waals surface area contributed by atoms with E-state index in [2.05, 4.69) is 185 Å². The Balaban J connectivity index is 0.000000125. The summed E-state index contributed by atoms with van der Waals surface area (Å²) in [6.07, 6.45) is 0. The van der Waals surface area contributed by atoms with Gasteiger partial charge in [-0.15, -0.1) is 0 Å². The number of rotatable bonds is 1. The van der Waals surface area contributed by atoms with Crippen LogP contribution in [0.15, 0.2) is 182 Å². The minimum absolute atomic E-state index is 1.28. The van der Waals surface area contributed by atoms with E-state index < -0.39 is 0 Å². The Morgan fingerprint density at radius 1 is 0.217 bits per heavy atom. The highest BCUT2D eigenvalue weighted by atomic mass is 14.0. The van der Waals surface area contributed by atoms with Crippen LogP contribution >= 0.6 is 0 Å². The Kier molecular flexibility index (Phi) is 11.1. The Morgan fingerprint density at radius 3 is 1.11 bits per heavy atom. The van der Waals surface area contributed by atoms with Crippen LogP contribution in [-0.4, -0.2) is 0 Å². The fourth-order valence-electron chi connectivity index (χ4n) is 5.28. The third kappa shape index (κ3) is 9.27. The van der Waals surface area contributed by atoms with Gasteiger partial charge in [-0.25, -0.2) is 0 Å². The van der Waals surface area contributed by atoms with E-state index >= 15 is 0 Å². The lowest BCUT2D eigenvalue weighted by molar-refractivity contribution is 1.47. The van der Waals surface area contributed by atoms with Gasteiger partial charge in [-0.2, -0.15) is 0 Å². The molecule has 8 aromatic rings. The van der Waals surface area contributed by atoms with Crippen LogP contribution in [0.2, 0.25) is 0 Å². The lowest BCUT2D eigenvalue weighted by atomic mass is 10.0. The number of hydrogen-bond acceptors (Lipinski definition) is 0. The van der Waals surface area contributed by atoms with Crippen LogP contribution in [0, 0.1) is 27.7 Å². The van der Waals surface area contributed by atoms with Crippen molar-refractivity contribution >= 4 is 32.3 Å². The lowest BCUT2D eigenvalue weighted by Crippen LogP contribution is -1.77. The molecule has 0 radical (unpaired) electrons. The normalized spacial score (nSPS) is 10.2. The Hall–Kier alpha value is -5.46. The standard InChI is InChI=1S/C15H12.C13H12.C11H10.C7H8/c1-11-6-7-14-9-12-4-2-3-5-13(12)10-15(14)8-11;1-11-7-9-13(10-8-11)12-5-3-2-4-6-12;1-9-6-7-10-4-2-3-5-11(10)8-9;1-7-5-3-2-4-6-7/h2-10H,1H3;2-10H,1H3;2-8H,1H3;2-6H,1H3. The summed E-state index contributed by atoms with van der Waals surface area (Å²) >= 11 is 0. The number of hydrogen-bond donors (Lipinski definition) is 0. The second-order valence-electron chi connectivity index (χ2n) is 11.8. The highest BCUT2D eigenvalue weighted by molar-refractivity contribution is 5.98. The number of benzene rings is 8. The molecule has 8 aromatic carbocycles. The molecule has 8 rings (SSSR count). The van der Waals surface area contributed by atoms with E-state index in [0.717, 1.165) is 0 Å². The maximum atomic E-state index is 2.26. The summed E-state index contributed by atoms with van der Waals surface area (Å²) in [6, 6.07) is 63.8. The summed E-state index contributed by atoms with van der Waals surface area (Å²) in [6.45, 7) is 8.44. The molecule has 0 aliphatic heterocycles. The summed E-state index contributed by atoms with van der Waals surface area (Å²) in [5, 5.41) is 7.92. The second-order valence-corrected chi connectivity index (χ2v) is 11.8. The first-order valence-corrected chi connectivity index (χ1v) is 15.9. The van der Waals surface area contributed by atoms with Crippen LogP contribution in [0.4, 0.5) is 0 Å². The molecule has 0 unspecified atom stereocenters. The molecule has 0 heterocycles. The molecule has 0 amide bonds. The average molecular weight is 595 g/mol. The molecule has 0 atom stereocenters. The van der Waals surface area contributed by atoms with Crippen molar-refractivity contribution in [1.82, 2.24) is 0 Å². The molecule has 0 nitrogen and oxygen atoms in total. The molecule has 0 N–H and O–H groups in total. The van der Waals surface area contributed by atoms with E-state index in [4.69, 9.17) is 0 Å². The third-order valence-electron chi connectivity index (χ3n) is 7.86. The van der Waals surface area contributed by atoms with Gasteiger partial charge in [0, 0.05) is 0 Å². The lowest BCUT2D eigenvalue weighted by Gasteiger charge is -2.02. The average Bonchev–Trinajstić information content (AvgIpc) is 3.09. The molecule has 0 saturated carbocycles. The molecule has 0 saturated heterocycles. The van der Waals surface area contributed by atoms with Gasteiger partial charge in [0.2, 0.25) is 0 Å². The van der Waals surface area contributed by atoms with Crippen molar-refractivity contribution in [1.29, 1.82) is 0 Å². The van der Waals surface area contributed by atoms with Crippen LogP contribution in [0.3, 0.4) is 0 Å². The smallest absolute Gasteiger partial charge is 0.0175 e. The molecule has 0 aromatic heterocycles. The molecule has 0 aliphatic rings. The van der Waals surface area contributed by atoms with E-state index in [-0.39, 0.29) is 0 Å². The molecule has 0 spiro atoms. The van der Waals surface area contributed by atoms with Crippen molar-refractivity contribution in [3.05, 3.63) is 204 Å². The zero-order chi connectivity index (χ0) is 32.1. The van der Waals surface area contributed by atoms with Gasteiger partial charge in [0.1, 0.15) is 0 Å². The second kappa shape index (κ2) is 16.0. The fraction of sp³-hybridized carbons (Fsp3) is 0.0870. The van der Waals surface area contributed by atoms with Gasteiger partial charge in [0.25, 0.3) is 0 Å². The van der Waals surface area contributed by atoms with Crippen molar-refractivity contribution in [2.75, 3.05) is 0 Å². The zero-order valence-electron chi connectivity index (χ0n) is 27.3. The van der Waals surface area contributed by atoms with E-state index in [0.29, 0.717) is 0 Å². The maximum absolute atomic E-state index is 2.26. The minimum Gasteiger partial charge on any atom is -0.0622 e. The van der Waals surface area contributed by atoms with Crippen molar-refractivity contribution < 1.29 is 0 Å². The molecule has 226 valence electrons. The van der Waals surface area contributed by atoms with Gasteiger partial charge in [0.05, 0.1) is 0 Å². The molecule has 0 heteroatoms. The summed E-state index contributed by atoms with van der Waals surface area (Å²) in [5.74, 6) is 0. The topological polar surface area (TPSA) is 0 Å². The van der Waals surface area contributed by atoms with Gasteiger partial charge >= 0.3 is 0 Å². The Morgan fingerprint density at radius 2 is 0.565 bits per heavy atom. The molecule has 0 aliphatic carbocycles. The van der Waals surface area contributed by atoms with Crippen molar-refractivity contribution in [2.45, 2.75) is 27.7 Å². The van der Waals surface area contributed by atoms with Gasteiger partial charge in [0.15, 0.2) is 0 Å². The summed E-state index contributed by atoms with van der Waals surface area (Å²) in [7, 11) is 0. The SMILES string of the molecule is Cc1ccc(-c2ccccc2)cc1.Cc1ccc2cc3ccccc3cc2c1.Cc1ccc2ccccc2c1.Cc1ccccc1. The molecule has 0 fully saturated rings. The van der Waals surface area contributed by atoms with Crippen molar-refractivity contribution in [3.63, 3.8) is 0 Å². The molecule has 0 bridgehead atoms. The fourth-order valence-corrected chi connectivity index (χ4v) is 5.28. The Labute approximate surface area is 274 Å². The highest BCUT2D eigenvalue weighted by Gasteiger charge is 1.97. The minimum atomic E-state index is 1.28. The largest absolute Gasteiger partial charge is 0.0622 e. The molecular weight excluding hydrogens is 553 g/mol. The van der Waals surface area contributed by atoms with E-state index in [1.165, 1.54) is 65.7 Å². The first-order valence-electron chi connectivity index (χ1n) is 15.9. The monoisotopic (exact) mass is 594 g/mol. The predicted molar refractivity (Wildman–Crippen MR) is 203 cm³/mol. The molecular formula is C46H42. The molecule has 46 heavy (non-hydrogen) atoms. The van der Waals surface area contributed by atoms with Gasteiger partial charge in [-0.05, 0) is 83.3 Å². The number of fused-ring (bicyclic) bond motifs is 3. The predicted octanol–water partition coefficient (Wildman–Crippen LogP) is 13.1. The first kappa shape index (κ1) is 31.9. The maximum Gasteiger partial charge on any atom is -0.0175 e. The van der Waals surface area contributed by atoms with E-state index in [9.17, 15) is 0 Å². The van der Waals surface area contributed by atoms with Gasteiger partial charge in [-0.1, -0.05) is 192 Å². The summed E-state index contributed by atoms with van der Waals surface area (Å²) in [5.41, 5.74) is 7.83. The zero-order valence-corrected chi connectivity index (χ0v) is 27.3. The quantitative estimate of drug-likeness (QED) is 0.166. The van der Waals surface area contributed by atoms with Crippen LogP contribution in [0.1, 0.15) is 22.3 Å². The Bertz CT molecular complexity index is 2110. The number of aryl methyl sites for hydroxylation is 4. The van der Waals surface area contributed by atoms with Crippen LogP contribution in [-0.2, 0) is 0 Å². The van der Waals surface area contributed by atoms with Gasteiger partial charge < -0.3 is 0 Å².